The second-order valence-corrected chi connectivity index (χ2v) is 8.99. The fourth-order valence-electron chi connectivity index (χ4n) is 5.06. The summed E-state index contributed by atoms with van der Waals surface area (Å²) in [6, 6.07) is 14.1. The summed E-state index contributed by atoms with van der Waals surface area (Å²) in [4.78, 5) is 27.5. The average molecular weight is 479 g/mol. The van der Waals surface area contributed by atoms with Crippen LogP contribution in [0.4, 0.5) is 0 Å². The maximum absolute atomic E-state index is 13.5. The Morgan fingerprint density at radius 3 is 2.43 bits per heavy atom. The van der Waals surface area contributed by atoms with Crippen LogP contribution in [-0.2, 0) is 21.4 Å². The first-order valence-corrected chi connectivity index (χ1v) is 12.2. The van der Waals surface area contributed by atoms with Crippen LogP contribution in [0.25, 0.3) is 10.9 Å². The minimum absolute atomic E-state index is 0.0834. The molecule has 7 nitrogen and oxygen atoms in total. The third-order valence-electron chi connectivity index (χ3n) is 6.96. The first kappa shape index (κ1) is 24.6. The third kappa shape index (κ3) is 5.14. The first-order valence-electron chi connectivity index (χ1n) is 12.2. The van der Waals surface area contributed by atoms with Gasteiger partial charge in [-0.05, 0) is 49.1 Å². The zero-order valence-corrected chi connectivity index (χ0v) is 21.0. The molecule has 186 valence electrons. The number of ether oxygens (including phenoxy) is 3. The number of rotatable bonds is 8. The quantitative estimate of drug-likeness (QED) is 0.445. The summed E-state index contributed by atoms with van der Waals surface area (Å²) in [6.45, 7) is 3.33. The number of hydrogen-bond donors (Lipinski definition) is 0. The molecule has 7 heteroatoms. The number of aryl methyl sites for hydroxylation is 1. The van der Waals surface area contributed by atoms with Crippen molar-refractivity contribution in [2.24, 2.45) is 13.0 Å². The van der Waals surface area contributed by atoms with Crippen LogP contribution in [0.3, 0.4) is 0 Å². The lowest BCUT2D eigenvalue weighted by atomic mass is 9.87. The molecule has 1 atom stereocenters. The number of nitrogens with zero attached hydrogens (tertiary/aromatic N) is 2. The minimum atomic E-state index is -0.156. The van der Waals surface area contributed by atoms with Crippen LogP contribution >= 0.6 is 0 Å². The molecule has 0 aliphatic carbocycles. The van der Waals surface area contributed by atoms with Crippen LogP contribution in [0.2, 0.25) is 0 Å². The molecule has 0 N–H and O–H groups in total. The molecular weight excluding hydrogens is 444 g/mol. The van der Waals surface area contributed by atoms with E-state index in [9.17, 15) is 9.59 Å². The fraction of sp³-hybridized carbons (Fsp3) is 0.429. The first-order chi connectivity index (χ1) is 17.0. The molecule has 3 aromatic rings. The Morgan fingerprint density at radius 2 is 1.74 bits per heavy atom. The Morgan fingerprint density at radius 1 is 1.03 bits per heavy atom. The van der Waals surface area contributed by atoms with Gasteiger partial charge in [-0.15, -0.1) is 0 Å². The minimum Gasteiger partial charge on any atom is -0.493 e. The summed E-state index contributed by atoms with van der Waals surface area (Å²) in [5.41, 5.74) is 3.22. The van der Waals surface area contributed by atoms with Crippen molar-refractivity contribution in [3.05, 3.63) is 59.8 Å². The standard InChI is InChI=1S/C28H34N2O5/c1-5-35-28(32)19-12-14-30(15-13-19)27(31)17-22(20-10-11-25(33-3)26(16-20)34-4)23-18-29(2)24-9-7-6-8-21(23)24/h6-11,16,18-19,22H,5,12-15,17H2,1-4H3/t22-/m1/s1. The summed E-state index contributed by atoms with van der Waals surface area (Å²) in [5, 5.41) is 1.13. The van der Waals surface area contributed by atoms with E-state index < -0.39 is 0 Å². The number of para-hydroxylation sites is 1. The predicted octanol–water partition coefficient (Wildman–Crippen LogP) is 4.52. The van der Waals surface area contributed by atoms with E-state index >= 15 is 0 Å². The van der Waals surface area contributed by atoms with Gasteiger partial charge in [0, 0.05) is 49.6 Å². The van der Waals surface area contributed by atoms with Gasteiger partial charge in [-0.25, -0.2) is 0 Å². The van der Waals surface area contributed by atoms with Gasteiger partial charge in [0.1, 0.15) is 0 Å². The molecule has 1 aliphatic heterocycles. The molecule has 2 aromatic carbocycles. The molecule has 1 saturated heterocycles. The summed E-state index contributed by atoms with van der Waals surface area (Å²) in [6.07, 6.45) is 3.72. The largest absolute Gasteiger partial charge is 0.493 e. The van der Waals surface area contributed by atoms with Crippen molar-refractivity contribution < 1.29 is 23.8 Å². The van der Waals surface area contributed by atoms with E-state index in [1.807, 2.05) is 49.2 Å². The second-order valence-electron chi connectivity index (χ2n) is 8.99. The lowest BCUT2D eigenvalue weighted by Crippen LogP contribution is -2.41. The number of aromatic nitrogens is 1. The smallest absolute Gasteiger partial charge is 0.309 e. The zero-order chi connectivity index (χ0) is 24.9. The number of esters is 1. The molecule has 1 aromatic heterocycles. The Labute approximate surface area is 206 Å². The van der Waals surface area contributed by atoms with Crippen LogP contribution < -0.4 is 9.47 Å². The molecule has 1 amide bonds. The van der Waals surface area contributed by atoms with Crippen LogP contribution in [-0.4, -0.2) is 55.3 Å². The van der Waals surface area contributed by atoms with Crippen molar-refractivity contribution in [1.82, 2.24) is 9.47 Å². The van der Waals surface area contributed by atoms with E-state index in [0.717, 1.165) is 22.0 Å². The van der Waals surface area contributed by atoms with Gasteiger partial charge in [-0.3, -0.25) is 9.59 Å². The highest BCUT2D eigenvalue weighted by atomic mass is 16.5. The normalized spacial score (nSPS) is 15.1. The fourth-order valence-corrected chi connectivity index (χ4v) is 5.06. The monoisotopic (exact) mass is 478 g/mol. The summed E-state index contributed by atoms with van der Waals surface area (Å²) < 4.78 is 18.3. The van der Waals surface area contributed by atoms with Crippen molar-refractivity contribution in [3.8, 4) is 11.5 Å². The van der Waals surface area contributed by atoms with E-state index in [-0.39, 0.29) is 23.7 Å². The van der Waals surface area contributed by atoms with Gasteiger partial charge in [0.2, 0.25) is 5.91 Å². The van der Waals surface area contributed by atoms with Gasteiger partial charge >= 0.3 is 5.97 Å². The number of methoxy groups -OCH3 is 2. The molecule has 35 heavy (non-hydrogen) atoms. The molecule has 0 bridgehead atoms. The van der Waals surface area contributed by atoms with Crippen LogP contribution in [0, 0.1) is 5.92 Å². The van der Waals surface area contributed by atoms with Crippen molar-refractivity contribution in [2.75, 3.05) is 33.9 Å². The SMILES string of the molecule is CCOC(=O)C1CCN(C(=O)C[C@H](c2ccc(OC)c(OC)c2)c2cn(C)c3ccccc23)CC1. The van der Waals surface area contributed by atoms with Gasteiger partial charge in [-0.1, -0.05) is 24.3 Å². The number of hydrogen-bond acceptors (Lipinski definition) is 5. The van der Waals surface area contributed by atoms with Gasteiger partial charge in [0.05, 0.1) is 26.7 Å². The van der Waals surface area contributed by atoms with Crippen LogP contribution in [0.1, 0.15) is 43.2 Å². The molecule has 0 radical (unpaired) electrons. The topological polar surface area (TPSA) is 70.0 Å². The summed E-state index contributed by atoms with van der Waals surface area (Å²) >= 11 is 0. The van der Waals surface area contributed by atoms with Crippen molar-refractivity contribution in [1.29, 1.82) is 0 Å². The molecule has 1 fully saturated rings. The lowest BCUT2D eigenvalue weighted by Gasteiger charge is -2.32. The lowest BCUT2D eigenvalue weighted by molar-refractivity contribution is -0.151. The number of benzene rings is 2. The van der Waals surface area contributed by atoms with E-state index in [1.165, 1.54) is 0 Å². The second kappa shape index (κ2) is 10.8. The Kier molecular flexibility index (Phi) is 7.63. The zero-order valence-electron chi connectivity index (χ0n) is 21.0. The molecule has 1 aliphatic rings. The summed E-state index contributed by atoms with van der Waals surface area (Å²) in [5.74, 6) is 0.937. The molecule has 0 spiro atoms. The Balaban J connectivity index is 1.63. The van der Waals surface area contributed by atoms with E-state index in [4.69, 9.17) is 14.2 Å². The maximum Gasteiger partial charge on any atom is 0.309 e. The number of carbonyl (C=O) groups excluding carboxylic acids is 2. The third-order valence-corrected chi connectivity index (χ3v) is 6.96. The molecule has 4 rings (SSSR count). The van der Waals surface area contributed by atoms with Crippen LogP contribution in [0.5, 0.6) is 11.5 Å². The molecule has 2 heterocycles. The van der Waals surface area contributed by atoms with Gasteiger partial charge in [-0.2, -0.15) is 0 Å². The van der Waals surface area contributed by atoms with E-state index in [1.54, 1.807) is 14.2 Å². The summed E-state index contributed by atoms with van der Waals surface area (Å²) in [7, 11) is 5.26. The van der Waals surface area contributed by atoms with Crippen molar-refractivity contribution >= 4 is 22.8 Å². The Hall–Kier alpha value is -3.48. The van der Waals surface area contributed by atoms with Crippen molar-refractivity contribution in [3.63, 3.8) is 0 Å². The molecule has 0 saturated carbocycles. The van der Waals surface area contributed by atoms with Gasteiger partial charge < -0.3 is 23.7 Å². The predicted molar refractivity (Wildman–Crippen MR) is 135 cm³/mol. The highest BCUT2D eigenvalue weighted by molar-refractivity contribution is 5.87. The van der Waals surface area contributed by atoms with E-state index in [0.29, 0.717) is 50.5 Å². The highest BCUT2D eigenvalue weighted by Crippen LogP contribution is 2.38. The number of carbonyl (C=O) groups is 2. The number of amides is 1. The molecular formula is C28H34N2O5. The number of likely N-dealkylation sites (tertiary alicyclic amines) is 1. The average Bonchev–Trinajstić information content (AvgIpc) is 3.23. The highest BCUT2D eigenvalue weighted by Gasteiger charge is 2.31. The maximum atomic E-state index is 13.5. The van der Waals surface area contributed by atoms with Gasteiger partial charge in [0.15, 0.2) is 11.5 Å². The van der Waals surface area contributed by atoms with Crippen LogP contribution in [0.15, 0.2) is 48.7 Å². The van der Waals surface area contributed by atoms with Gasteiger partial charge in [0.25, 0.3) is 0 Å². The number of fused-ring (bicyclic) bond motifs is 1. The number of piperidine rings is 1. The van der Waals surface area contributed by atoms with Crippen molar-refractivity contribution in [2.45, 2.75) is 32.1 Å². The molecule has 0 unspecified atom stereocenters. The Bertz CT molecular complexity index is 1190. The van der Waals surface area contributed by atoms with E-state index in [2.05, 4.69) is 22.9 Å².